The van der Waals surface area contributed by atoms with Crippen LogP contribution in [0.25, 0.3) is 0 Å². The molecule has 0 radical (unpaired) electrons. The maximum Gasteiger partial charge on any atom is 0.126 e. The van der Waals surface area contributed by atoms with Gasteiger partial charge in [0.05, 0.1) is 0 Å². The van der Waals surface area contributed by atoms with Gasteiger partial charge in [0.25, 0.3) is 0 Å². The monoisotopic (exact) mass is 223 g/mol. The zero-order valence-corrected chi connectivity index (χ0v) is 9.63. The Morgan fingerprint density at radius 2 is 2.53 bits per heavy atom. The lowest BCUT2D eigenvalue weighted by molar-refractivity contribution is 0.392. The number of rotatable bonds is 3. The average Bonchev–Trinajstić information content (AvgIpc) is 2.28. The van der Waals surface area contributed by atoms with Crippen LogP contribution in [0.2, 0.25) is 0 Å². The molecular weight excluding hydrogens is 206 g/mol. The van der Waals surface area contributed by atoms with Crippen LogP contribution in [-0.2, 0) is 0 Å². The van der Waals surface area contributed by atoms with Gasteiger partial charge < -0.3 is 10.6 Å². The van der Waals surface area contributed by atoms with Gasteiger partial charge in [-0.3, -0.25) is 0 Å². The van der Waals surface area contributed by atoms with Crippen LogP contribution in [0.5, 0.6) is 0 Å². The topological polar surface area (TPSA) is 37.0 Å². The number of nitrogens with zero attached hydrogens (tertiary/aromatic N) is 1. The number of anilines is 1. The molecule has 4 heteroatoms. The van der Waals surface area contributed by atoms with E-state index in [9.17, 15) is 0 Å². The Kier molecular flexibility index (Phi) is 3.86. The summed E-state index contributed by atoms with van der Waals surface area (Å²) in [5, 5.41) is 6.76. The van der Waals surface area contributed by atoms with Gasteiger partial charge in [-0.15, -0.1) is 12.6 Å². The predicted molar refractivity (Wildman–Crippen MR) is 65.6 cm³/mol. The van der Waals surface area contributed by atoms with Crippen LogP contribution >= 0.6 is 12.6 Å². The Hall–Kier alpha value is -0.740. The Morgan fingerprint density at radius 3 is 3.27 bits per heavy atom. The molecular formula is C11H17N3S. The van der Waals surface area contributed by atoms with Crippen LogP contribution in [0, 0.1) is 5.92 Å². The second-order valence-electron chi connectivity index (χ2n) is 3.99. The van der Waals surface area contributed by atoms with E-state index in [-0.39, 0.29) is 0 Å². The number of hydrogen-bond donors (Lipinski definition) is 3. The van der Waals surface area contributed by atoms with E-state index in [2.05, 4.69) is 28.2 Å². The molecule has 82 valence electrons. The SMILES string of the molecule is Sc1ccnc(NCC2CCCNC2)c1. The van der Waals surface area contributed by atoms with Crippen molar-refractivity contribution in [2.45, 2.75) is 17.7 Å². The highest BCUT2D eigenvalue weighted by Crippen LogP contribution is 2.13. The lowest BCUT2D eigenvalue weighted by atomic mass is 10.00. The van der Waals surface area contributed by atoms with Crippen molar-refractivity contribution in [3.05, 3.63) is 18.3 Å². The van der Waals surface area contributed by atoms with Crippen LogP contribution in [0.3, 0.4) is 0 Å². The first-order chi connectivity index (χ1) is 7.34. The second-order valence-corrected chi connectivity index (χ2v) is 4.51. The third kappa shape index (κ3) is 3.39. The van der Waals surface area contributed by atoms with Gasteiger partial charge in [0.15, 0.2) is 0 Å². The third-order valence-corrected chi connectivity index (χ3v) is 2.99. The lowest BCUT2D eigenvalue weighted by Crippen LogP contribution is -2.33. The van der Waals surface area contributed by atoms with Crippen molar-refractivity contribution in [2.24, 2.45) is 5.92 Å². The van der Waals surface area contributed by atoms with Crippen molar-refractivity contribution >= 4 is 18.4 Å². The van der Waals surface area contributed by atoms with E-state index in [0.717, 1.165) is 29.7 Å². The van der Waals surface area contributed by atoms with Gasteiger partial charge >= 0.3 is 0 Å². The second kappa shape index (κ2) is 5.37. The quantitative estimate of drug-likeness (QED) is 0.684. The highest BCUT2D eigenvalue weighted by atomic mass is 32.1. The highest BCUT2D eigenvalue weighted by molar-refractivity contribution is 7.80. The number of piperidine rings is 1. The van der Waals surface area contributed by atoms with Gasteiger partial charge in [-0.25, -0.2) is 4.98 Å². The average molecular weight is 223 g/mol. The highest BCUT2D eigenvalue weighted by Gasteiger charge is 2.12. The molecule has 1 atom stereocenters. The smallest absolute Gasteiger partial charge is 0.126 e. The van der Waals surface area contributed by atoms with Crippen LogP contribution in [0.4, 0.5) is 5.82 Å². The zero-order valence-electron chi connectivity index (χ0n) is 8.74. The Morgan fingerprint density at radius 1 is 1.60 bits per heavy atom. The maximum absolute atomic E-state index is 4.28. The number of pyridine rings is 1. The molecule has 1 aliphatic rings. The summed E-state index contributed by atoms with van der Waals surface area (Å²) in [4.78, 5) is 5.20. The molecule has 0 aromatic carbocycles. The van der Waals surface area contributed by atoms with Gasteiger partial charge in [0, 0.05) is 17.6 Å². The fourth-order valence-electron chi connectivity index (χ4n) is 1.86. The normalized spacial score (nSPS) is 21.3. The maximum atomic E-state index is 4.28. The third-order valence-electron chi connectivity index (χ3n) is 2.71. The van der Waals surface area contributed by atoms with Gasteiger partial charge in [-0.05, 0) is 44.0 Å². The summed E-state index contributed by atoms with van der Waals surface area (Å²) in [6, 6.07) is 3.84. The van der Waals surface area contributed by atoms with E-state index in [1.807, 2.05) is 12.1 Å². The first-order valence-electron chi connectivity index (χ1n) is 5.44. The molecule has 1 saturated heterocycles. The molecule has 0 bridgehead atoms. The Balaban J connectivity index is 1.81. The molecule has 3 nitrogen and oxygen atoms in total. The number of hydrogen-bond acceptors (Lipinski definition) is 4. The molecule has 1 aromatic rings. The fourth-order valence-corrected chi connectivity index (χ4v) is 2.05. The van der Waals surface area contributed by atoms with E-state index in [0.29, 0.717) is 0 Å². The van der Waals surface area contributed by atoms with Gasteiger partial charge in [0.1, 0.15) is 5.82 Å². The first kappa shape index (κ1) is 10.8. The summed E-state index contributed by atoms with van der Waals surface area (Å²) in [6.07, 6.45) is 4.37. The van der Waals surface area contributed by atoms with Crippen molar-refractivity contribution in [1.29, 1.82) is 0 Å². The summed E-state index contributed by atoms with van der Waals surface area (Å²) in [5.74, 6) is 1.65. The first-order valence-corrected chi connectivity index (χ1v) is 5.89. The largest absolute Gasteiger partial charge is 0.370 e. The lowest BCUT2D eigenvalue weighted by Gasteiger charge is -2.23. The van der Waals surface area contributed by atoms with E-state index in [1.54, 1.807) is 6.20 Å². The Bertz CT molecular complexity index is 310. The van der Waals surface area contributed by atoms with E-state index >= 15 is 0 Å². The van der Waals surface area contributed by atoms with Crippen LogP contribution < -0.4 is 10.6 Å². The number of thiol groups is 1. The molecule has 2 N–H and O–H groups in total. The van der Waals surface area contributed by atoms with Gasteiger partial charge in [-0.1, -0.05) is 0 Å². The molecule has 0 saturated carbocycles. The minimum Gasteiger partial charge on any atom is -0.370 e. The van der Waals surface area contributed by atoms with Crippen LogP contribution in [0.1, 0.15) is 12.8 Å². The molecule has 1 unspecified atom stereocenters. The van der Waals surface area contributed by atoms with Crippen molar-refractivity contribution in [3.8, 4) is 0 Å². The van der Waals surface area contributed by atoms with Crippen LogP contribution in [-0.4, -0.2) is 24.6 Å². The van der Waals surface area contributed by atoms with Crippen molar-refractivity contribution in [1.82, 2.24) is 10.3 Å². The van der Waals surface area contributed by atoms with E-state index in [1.165, 1.54) is 19.4 Å². The molecule has 0 aliphatic carbocycles. The molecule has 0 amide bonds. The summed E-state index contributed by atoms with van der Waals surface area (Å²) in [6.45, 7) is 3.28. The summed E-state index contributed by atoms with van der Waals surface area (Å²) in [5.41, 5.74) is 0. The Labute approximate surface area is 96.1 Å². The molecule has 15 heavy (non-hydrogen) atoms. The fraction of sp³-hybridized carbons (Fsp3) is 0.545. The molecule has 1 aliphatic heterocycles. The zero-order chi connectivity index (χ0) is 10.5. The minimum atomic E-state index is 0.726. The van der Waals surface area contributed by atoms with Gasteiger partial charge in [0.2, 0.25) is 0 Å². The molecule has 2 heterocycles. The summed E-state index contributed by atoms with van der Waals surface area (Å²) in [7, 11) is 0. The summed E-state index contributed by atoms with van der Waals surface area (Å²) < 4.78 is 0. The minimum absolute atomic E-state index is 0.726. The number of aromatic nitrogens is 1. The summed E-state index contributed by atoms with van der Waals surface area (Å²) >= 11 is 4.28. The van der Waals surface area contributed by atoms with Crippen molar-refractivity contribution in [2.75, 3.05) is 25.0 Å². The van der Waals surface area contributed by atoms with Crippen molar-refractivity contribution in [3.63, 3.8) is 0 Å². The molecule has 1 aromatic heterocycles. The van der Waals surface area contributed by atoms with Crippen molar-refractivity contribution < 1.29 is 0 Å². The molecule has 0 spiro atoms. The standard InChI is InChI=1S/C11H17N3S/c15-10-3-5-13-11(6-10)14-8-9-2-1-4-12-7-9/h3,5-6,9,12H,1-2,4,7-8H2,(H2,13,14,15). The van der Waals surface area contributed by atoms with E-state index in [4.69, 9.17) is 0 Å². The predicted octanol–water partition coefficient (Wildman–Crippen LogP) is 1.78. The van der Waals surface area contributed by atoms with Crippen LogP contribution in [0.15, 0.2) is 23.2 Å². The van der Waals surface area contributed by atoms with E-state index < -0.39 is 0 Å². The molecule has 1 fully saturated rings. The van der Waals surface area contributed by atoms with Gasteiger partial charge in [-0.2, -0.15) is 0 Å². The number of nitrogens with one attached hydrogen (secondary N) is 2. The molecule has 2 rings (SSSR count).